The Bertz CT molecular complexity index is 297. The summed E-state index contributed by atoms with van der Waals surface area (Å²) in [4.78, 5) is 2.66. The van der Waals surface area contributed by atoms with Crippen molar-refractivity contribution in [3.63, 3.8) is 0 Å². The van der Waals surface area contributed by atoms with Gasteiger partial charge in [-0.1, -0.05) is 26.7 Å². The summed E-state index contributed by atoms with van der Waals surface area (Å²) in [6.07, 6.45) is 8.69. The number of hydrogen-bond donors (Lipinski definition) is 1. The van der Waals surface area contributed by atoms with Crippen molar-refractivity contribution in [1.82, 2.24) is 10.2 Å². The van der Waals surface area contributed by atoms with Crippen molar-refractivity contribution in [1.29, 1.82) is 0 Å². The number of methoxy groups -OCH3 is 1. The molecule has 0 spiro atoms. The van der Waals surface area contributed by atoms with Gasteiger partial charge in [-0.15, -0.1) is 0 Å². The SMILES string of the molecule is CCCC1CCC(NC)C(CN2CCC(C)C(OC)C2)C1. The summed E-state index contributed by atoms with van der Waals surface area (Å²) in [5.41, 5.74) is 0. The Morgan fingerprint density at radius 3 is 2.71 bits per heavy atom. The van der Waals surface area contributed by atoms with Crippen LogP contribution in [0.4, 0.5) is 0 Å². The van der Waals surface area contributed by atoms with Crippen LogP contribution in [0.3, 0.4) is 0 Å². The Kier molecular flexibility index (Phi) is 6.97. The molecule has 1 saturated carbocycles. The number of likely N-dealkylation sites (tertiary alicyclic amines) is 1. The molecule has 1 aliphatic heterocycles. The van der Waals surface area contributed by atoms with Crippen LogP contribution in [0.2, 0.25) is 0 Å². The number of nitrogens with one attached hydrogen (secondary N) is 1. The second kappa shape index (κ2) is 8.50. The average molecular weight is 296 g/mol. The minimum atomic E-state index is 0.432. The maximum absolute atomic E-state index is 5.68. The van der Waals surface area contributed by atoms with E-state index in [1.165, 1.54) is 51.6 Å². The number of piperidine rings is 1. The Morgan fingerprint density at radius 2 is 2.05 bits per heavy atom. The van der Waals surface area contributed by atoms with Crippen LogP contribution < -0.4 is 5.32 Å². The molecule has 1 heterocycles. The minimum Gasteiger partial charge on any atom is -0.380 e. The van der Waals surface area contributed by atoms with Crippen molar-refractivity contribution in [2.75, 3.05) is 33.8 Å². The van der Waals surface area contributed by atoms with Gasteiger partial charge in [0.05, 0.1) is 6.10 Å². The summed E-state index contributed by atoms with van der Waals surface area (Å²) < 4.78 is 5.68. The highest BCUT2D eigenvalue weighted by atomic mass is 16.5. The molecule has 2 rings (SSSR count). The van der Waals surface area contributed by atoms with Crippen LogP contribution in [-0.4, -0.2) is 50.8 Å². The predicted molar refractivity (Wildman–Crippen MR) is 89.6 cm³/mol. The van der Waals surface area contributed by atoms with Crippen LogP contribution >= 0.6 is 0 Å². The maximum Gasteiger partial charge on any atom is 0.0724 e. The monoisotopic (exact) mass is 296 g/mol. The fourth-order valence-electron chi connectivity index (χ4n) is 4.52. The van der Waals surface area contributed by atoms with E-state index >= 15 is 0 Å². The molecule has 1 N–H and O–H groups in total. The second-order valence-electron chi connectivity index (χ2n) is 7.42. The lowest BCUT2D eigenvalue weighted by molar-refractivity contribution is -0.0140. The molecule has 2 aliphatic rings. The molecule has 2 fully saturated rings. The summed E-state index contributed by atoms with van der Waals surface area (Å²) in [5, 5.41) is 3.58. The molecule has 3 nitrogen and oxygen atoms in total. The third-order valence-corrected chi connectivity index (χ3v) is 5.93. The van der Waals surface area contributed by atoms with Crippen molar-refractivity contribution < 1.29 is 4.74 Å². The predicted octanol–water partition coefficient (Wildman–Crippen LogP) is 3.15. The van der Waals surface area contributed by atoms with Gasteiger partial charge in [0.2, 0.25) is 0 Å². The van der Waals surface area contributed by atoms with Gasteiger partial charge in [0.15, 0.2) is 0 Å². The fourth-order valence-corrected chi connectivity index (χ4v) is 4.52. The summed E-state index contributed by atoms with van der Waals surface area (Å²) in [6.45, 7) is 8.31. The molecule has 0 aromatic rings. The molecular weight excluding hydrogens is 260 g/mol. The first-order valence-corrected chi connectivity index (χ1v) is 9.10. The molecule has 3 heteroatoms. The van der Waals surface area contributed by atoms with E-state index in [4.69, 9.17) is 4.74 Å². The third kappa shape index (κ3) is 4.67. The van der Waals surface area contributed by atoms with Crippen LogP contribution in [0, 0.1) is 17.8 Å². The number of hydrogen-bond acceptors (Lipinski definition) is 3. The van der Waals surface area contributed by atoms with Gasteiger partial charge in [-0.3, -0.25) is 0 Å². The van der Waals surface area contributed by atoms with Gasteiger partial charge in [-0.05, 0) is 57.0 Å². The van der Waals surface area contributed by atoms with Crippen molar-refractivity contribution in [3.05, 3.63) is 0 Å². The molecule has 5 atom stereocenters. The van der Waals surface area contributed by atoms with Crippen LogP contribution in [0.1, 0.15) is 52.4 Å². The van der Waals surface area contributed by atoms with Crippen molar-refractivity contribution in [3.8, 4) is 0 Å². The quantitative estimate of drug-likeness (QED) is 0.815. The average Bonchev–Trinajstić information content (AvgIpc) is 2.50. The van der Waals surface area contributed by atoms with Gasteiger partial charge in [0, 0.05) is 26.2 Å². The molecule has 0 bridgehead atoms. The van der Waals surface area contributed by atoms with Gasteiger partial charge in [-0.2, -0.15) is 0 Å². The fraction of sp³-hybridized carbons (Fsp3) is 1.00. The van der Waals surface area contributed by atoms with Gasteiger partial charge < -0.3 is 15.0 Å². The lowest BCUT2D eigenvalue weighted by Crippen LogP contribution is -2.49. The topological polar surface area (TPSA) is 24.5 Å². The van der Waals surface area contributed by atoms with Crippen molar-refractivity contribution >= 4 is 0 Å². The molecule has 124 valence electrons. The molecule has 5 unspecified atom stereocenters. The van der Waals surface area contributed by atoms with E-state index in [9.17, 15) is 0 Å². The molecule has 1 saturated heterocycles. The zero-order valence-corrected chi connectivity index (χ0v) is 14.6. The summed E-state index contributed by atoms with van der Waals surface area (Å²) in [6, 6.07) is 0.721. The van der Waals surface area contributed by atoms with E-state index in [-0.39, 0.29) is 0 Å². The Morgan fingerprint density at radius 1 is 1.24 bits per heavy atom. The lowest BCUT2D eigenvalue weighted by Gasteiger charge is -2.42. The molecule has 0 aromatic carbocycles. The summed E-state index contributed by atoms with van der Waals surface area (Å²) in [7, 11) is 4.02. The summed E-state index contributed by atoms with van der Waals surface area (Å²) in [5.74, 6) is 2.50. The Labute approximate surface area is 131 Å². The normalized spacial score (nSPS) is 38.6. The van der Waals surface area contributed by atoms with Crippen molar-refractivity contribution in [2.45, 2.75) is 64.5 Å². The first kappa shape index (κ1) is 17.2. The molecular formula is C18H36N2O. The first-order chi connectivity index (χ1) is 10.2. The maximum atomic E-state index is 5.68. The zero-order chi connectivity index (χ0) is 15.2. The minimum absolute atomic E-state index is 0.432. The van der Waals surface area contributed by atoms with Crippen LogP contribution in [0.25, 0.3) is 0 Å². The van der Waals surface area contributed by atoms with E-state index in [1.54, 1.807) is 0 Å². The van der Waals surface area contributed by atoms with Gasteiger partial charge in [-0.25, -0.2) is 0 Å². The van der Waals surface area contributed by atoms with E-state index in [0.717, 1.165) is 24.4 Å². The molecule has 0 aromatic heterocycles. The Hall–Kier alpha value is -0.120. The van der Waals surface area contributed by atoms with Gasteiger partial charge in [0.25, 0.3) is 0 Å². The number of ether oxygens (including phenoxy) is 1. The highest BCUT2D eigenvalue weighted by Gasteiger charge is 2.33. The lowest BCUT2D eigenvalue weighted by atomic mass is 9.76. The van der Waals surface area contributed by atoms with E-state index in [2.05, 4.69) is 31.1 Å². The third-order valence-electron chi connectivity index (χ3n) is 5.93. The van der Waals surface area contributed by atoms with Crippen LogP contribution in [-0.2, 0) is 4.74 Å². The van der Waals surface area contributed by atoms with E-state index in [0.29, 0.717) is 12.0 Å². The molecule has 21 heavy (non-hydrogen) atoms. The standard InChI is InChI=1S/C18H36N2O/c1-5-6-15-7-8-17(19-3)16(11-15)12-20-10-9-14(2)18(13-20)21-4/h14-19H,5-13H2,1-4H3. The highest BCUT2D eigenvalue weighted by molar-refractivity contribution is 4.88. The largest absolute Gasteiger partial charge is 0.380 e. The Balaban J connectivity index is 1.89. The van der Waals surface area contributed by atoms with Gasteiger partial charge >= 0.3 is 0 Å². The smallest absolute Gasteiger partial charge is 0.0724 e. The number of rotatable bonds is 6. The zero-order valence-electron chi connectivity index (χ0n) is 14.6. The summed E-state index contributed by atoms with van der Waals surface area (Å²) >= 11 is 0. The molecule has 1 aliphatic carbocycles. The van der Waals surface area contributed by atoms with Gasteiger partial charge in [0.1, 0.15) is 0 Å². The van der Waals surface area contributed by atoms with E-state index in [1.807, 2.05) is 7.11 Å². The second-order valence-corrected chi connectivity index (χ2v) is 7.42. The van der Waals surface area contributed by atoms with Crippen LogP contribution in [0.5, 0.6) is 0 Å². The van der Waals surface area contributed by atoms with Crippen LogP contribution in [0.15, 0.2) is 0 Å². The molecule has 0 radical (unpaired) electrons. The van der Waals surface area contributed by atoms with E-state index < -0.39 is 0 Å². The molecule has 0 amide bonds. The number of nitrogens with zero attached hydrogens (tertiary/aromatic N) is 1. The van der Waals surface area contributed by atoms with Crippen molar-refractivity contribution in [2.24, 2.45) is 17.8 Å². The highest BCUT2D eigenvalue weighted by Crippen LogP contribution is 2.33. The first-order valence-electron chi connectivity index (χ1n) is 9.10.